The van der Waals surface area contributed by atoms with Gasteiger partial charge in [-0.25, -0.2) is 9.37 Å². The number of nitro benzene ring substituents is 1. The number of ether oxygens (including phenoxy) is 2. The van der Waals surface area contributed by atoms with E-state index in [1.54, 1.807) is 67.8 Å². The molecule has 2 aromatic heterocycles. The van der Waals surface area contributed by atoms with Crippen LogP contribution in [0.5, 0.6) is 11.5 Å². The van der Waals surface area contributed by atoms with Gasteiger partial charge in [-0.1, -0.05) is 52.3 Å². The molecule has 0 amide bonds. The lowest BCUT2D eigenvalue weighted by atomic mass is 10.2. The summed E-state index contributed by atoms with van der Waals surface area (Å²) in [6, 6.07) is 22.6. The van der Waals surface area contributed by atoms with E-state index in [-0.39, 0.29) is 40.8 Å². The van der Waals surface area contributed by atoms with E-state index in [1.165, 1.54) is 30.5 Å². The van der Waals surface area contributed by atoms with Crippen molar-refractivity contribution >= 4 is 49.7 Å². The summed E-state index contributed by atoms with van der Waals surface area (Å²) in [7, 11) is 1.54. The van der Waals surface area contributed by atoms with Gasteiger partial charge < -0.3 is 13.9 Å². The molecule has 214 valence electrons. The number of para-hydroxylation sites is 1. The van der Waals surface area contributed by atoms with E-state index in [0.29, 0.717) is 32.1 Å². The number of hydrogen-bond acceptors (Lipinski definition) is 8. The number of rotatable bonds is 8. The quantitative estimate of drug-likeness (QED) is 0.0986. The molecule has 43 heavy (non-hydrogen) atoms. The first-order valence-corrected chi connectivity index (χ1v) is 13.6. The van der Waals surface area contributed by atoms with Crippen LogP contribution in [-0.4, -0.2) is 27.9 Å². The average Bonchev–Trinajstić information content (AvgIpc) is 3.45. The summed E-state index contributed by atoms with van der Waals surface area (Å²) in [4.78, 5) is 29.7. The van der Waals surface area contributed by atoms with Crippen LogP contribution < -0.4 is 15.0 Å². The molecule has 2 heterocycles. The van der Waals surface area contributed by atoms with Crippen molar-refractivity contribution in [1.29, 1.82) is 0 Å². The third-order valence-corrected chi connectivity index (χ3v) is 7.08. The summed E-state index contributed by atoms with van der Waals surface area (Å²) in [6.07, 6.45) is 1.25. The maximum Gasteiger partial charge on any atom is 0.312 e. The minimum atomic E-state index is -0.615. The largest absolute Gasteiger partial charge is 0.496 e. The van der Waals surface area contributed by atoms with Crippen molar-refractivity contribution in [3.8, 4) is 23.1 Å². The zero-order chi connectivity index (χ0) is 30.1. The molecule has 0 spiro atoms. The number of benzene rings is 4. The fraction of sp³-hybridized carbons (Fsp3) is 0.0645. The summed E-state index contributed by atoms with van der Waals surface area (Å²) in [5.41, 5.74) is 0.435. The zero-order valence-electron chi connectivity index (χ0n) is 22.4. The summed E-state index contributed by atoms with van der Waals surface area (Å²) in [6.45, 7) is -0.278. The van der Waals surface area contributed by atoms with Gasteiger partial charge in [-0.2, -0.15) is 9.78 Å². The number of methoxy groups -OCH3 is 1. The van der Waals surface area contributed by atoms with E-state index in [4.69, 9.17) is 13.9 Å². The Balaban J connectivity index is 1.51. The van der Waals surface area contributed by atoms with Crippen LogP contribution in [0.3, 0.4) is 0 Å². The highest BCUT2D eigenvalue weighted by molar-refractivity contribution is 9.10. The van der Waals surface area contributed by atoms with E-state index in [0.717, 1.165) is 4.68 Å². The Morgan fingerprint density at radius 2 is 1.86 bits per heavy atom. The summed E-state index contributed by atoms with van der Waals surface area (Å²) >= 11 is 3.29. The highest BCUT2D eigenvalue weighted by atomic mass is 79.9. The van der Waals surface area contributed by atoms with Gasteiger partial charge in [0.05, 0.1) is 34.5 Å². The third kappa shape index (κ3) is 5.35. The minimum Gasteiger partial charge on any atom is -0.496 e. The number of nitro groups is 1. The van der Waals surface area contributed by atoms with E-state index in [1.807, 2.05) is 0 Å². The van der Waals surface area contributed by atoms with Gasteiger partial charge in [-0.05, 0) is 42.5 Å². The minimum absolute atomic E-state index is 0.0940. The number of nitrogens with zero attached hydrogens (tertiary/aromatic N) is 4. The molecule has 12 heteroatoms. The van der Waals surface area contributed by atoms with Crippen LogP contribution >= 0.6 is 15.9 Å². The molecule has 0 saturated carbocycles. The SMILES string of the molecule is COc1cccc2oc(-c3nc4ccccc4c(=O)n3N=Cc3cc(Br)cc([N+](=O)[O-])c3OCc3ccccc3F)cc12. The van der Waals surface area contributed by atoms with Crippen molar-refractivity contribution in [2.45, 2.75) is 6.61 Å². The van der Waals surface area contributed by atoms with Gasteiger partial charge >= 0.3 is 5.69 Å². The van der Waals surface area contributed by atoms with Crippen molar-refractivity contribution < 1.29 is 23.2 Å². The molecule has 10 nitrogen and oxygen atoms in total. The molecule has 6 rings (SSSR count). The van der Waals surface area contributed by atoms with Crippen LogP contribution in [0.15, 0.2) is 104 Å². The van der Waals surface area contributed by atoms with Gasteiger partial charge in [0.25, 0.3) is 5.56 Å². The lowest BCUT2D eigenvalue weighted by molar-refractivity contribution is -0.386. The number of fused-ring (bicyclic) bond motifs is 2. The second-order valence-electron chi connectivity index (χ2n) is 9.28. The van der Waals surface area contributed by atoms with Gasteiger partial charge in [0.1, 0.15) is 23.8 Å². The van der Waals surface area contributed by atoms with E-state index >= 15 is 0 Å². The molecule has 0 radical (unpaired) electrons. The molecule has 0 aliphatic heterocycles. The van der Waals surface area contributed by atoms with Crippen LogP contribution in [0.1, 0.15) is 11.1 Å². The second kappa shape index (κ2) is 11.5. The highest BCUT2D eigenvalue weighted by Gasteiger charge is 2.22. The molecule has 6 aromatic rings. The maximum absolute atomic E-state index is 14.3. The molecule has 0 aliphatic carbocycles. The lowest BCUT2D eigenvalue weighted by Crippen LogP contribution is -2.20. The Hall–Kier alpha value is -5.36. The van der Waals surface area contributed by atoms with E-state index in [2.05, 4.69) is 26.0 Å². The molecule has 4 aromatic carbocycles. The first-order chi connectivity index (χ1) is 20.8. The van der Waals surface area contributed by atoms with Crippen molar-refractivity contribution in [3.63, 3.8) is 0 Å². The number of halogens is 2. The average molecular weight is 643 g/mol. The molecule has 0 aliphatic rings. The first kappa shape index (κ1) is 27.8. The van der Waals surface area contributed by atoms with Gasteiger partial charge in [0, 0.05) is 21.7 Å². The third-order valence-electron chi connectivity index (χ3n) is 6.62. The Bertz CT molecular complexity index is 2120. The Morgan fingerprint density at radius 3 is 2.65 bits per heavy atom. The van der Waals surface area contributed by atoms with E-state index < -0.39 is 16.3 Å². The van der Waals surface area contributed by atoms with Crippen LogP contribution in [0.25, 0.3) is 33.5 Å². The van der Waals surface area contributed by atoms with Gasteiger partial charge in [0.15, 0.2) is 5.76 Å². The standard InChI is InChI=1S/C31H20BrFN4O6/c1-41-26-11-6-12-27-22(26)15-28(43-27)30-35-24-10-5-3-8-21(24)31(38)36(30)34-16-19-13-20(32)14-25(37(39)40)29(19)42-17-18-7-2-4-9-23(18)33/h2-16H,17H2,1H3. The molecule has 0 saturated heterocycles. The molecule has 0 unspecified atom stereocenters. The lowest BCUT2D eigenvalue weighted by Gasteiger charge is -2.11. The van der Waals surface area contributed by atoms with Gasteiger partial charge in [-0.3, -0.25) is 14.9 Å². The predicted octanol–water partition coefficient (Wildman–Crippen LogP) is 7.09. The second-order valence-corrected chi connectivity index (χ2v) is 10.2. The zero-order valence-corrected chi connectivity index (χ0v) is 23.9. The van der Waals surface area contributed by atoms with Crippen LogP contribution in [-0.2, 0) is 6.61 Å². The number of hydrogen-bond donors (Lipinski definition) is 0. The van der Waals surface area contributed by atoms with Crippen molar-refractivity contribution in [1.82, 2.24) is 9.66 Å². The van der Waals surface area contributed by atoms with Gasteiger partial charge in [-0.15, -0.1) is 0 Å². The Labute approximate surface area is 250 Å². The summed E-state index contributed by atoms with van der Waals surface area (Å²) < 4.78 is 33.0. The predicted molar refractivity (Wildman–Crippen MR) is 162 cm³/mol. The van der Waals surface area contributed by atoms with Gasteiger partial charge in [0.2, 0.25) is 11.6 Å². The van der Waals surface area contributed by atoms with Crippen LogP contribution in [0.2, 0.25) is 0 Å². The first-order valence-electron chi connectivity index (χ1n) is 12.8. The number of aromatic nitrogens is 2. The topological polar surface area (TPSA) is 122 Å². The Morgan fingerprint density at radius 1 is 1.07 bits per heavy atom. The molecule has 0 fully saturated rings. The maximum atomic E-state index is 14.3. The fourth-order valence-electron chi connectivity index (χ4n) is 4.59. The molecular formula is C31H20BrFN4O6. The van der Waals surface area contributed by atoms with E-state index in [9.17, 15) is 19.3 Å². The summed E-state index contributed by atoms with van der Waals surface area (Å²) in [5, 5.41) is 17.3. The summed E-state index contributed by atoms with van der Waals surface area (Å²) in [5.74, 6) is 0.242. The van der Waals surface area contributed by atoms with Crippen molar-refractivity contribution in [2.75, 3.05) is 7.11 Å². The number of furan rings is 1. The molecular weight excluding hydrogens is 623 g/mol. The van der Waals surface area contributed by atoms with Crippen molar-refractivity contribution in [3.05, 3.63) is 127 Å². The molecule has 0 bridgehead atoms. The Kier molecular flexibility index (Phi) is 7.43. The highest BCUT2D eigenvalue weighted by Crippen LogP contribution is 2.35. The van der Waals surface area contributed by atoms with Crippen LogP contribution in [0, 0.1) is 15.9 Å². The molecule has 0 N–H and O–H groups in total. The van der Waals surface area contributed by atoms with Crippen molar-refractivity contribution in [2.24, 2.45) is 5.10 Å². The monoisotopic (exact) mass is 642 g/mol. The molecule has 0 atom stereocenters. The smallest absolute Gasteiger partial charge is 0.312 e. The fourth-order valence-corrected chi connectivity index (χ4v) is 5.05. The normalized spacial score (nSPS) is 11.4. The van der Waals surface area contributed by atoms with Crippen LogP contribution in [0.4, 0.5) is 10.1 Å².